The molecule has 1 N–H and O–H groups in total. The normalized spacial score (nSPS) is 13.9. The van der Waals surface area contributed by atoms with E-state index in [9.17, 15) is 13.6 Å². The van der Waals surface area contributed by atoms with Gasteiger partial charge in [-0.25, -0.2) is 13.5 Å². The van der Waals surface area contributed by atoms with Crippen LogP contribution >= 0.6 is 0 Å². The van der Waals surface area contributed by atoms with E-state index in [-0.39, 0.29) is 17.6 Å². The molecule has 3 aromatic rings. The van der Waals surface area contributed by atoms with Gasteiger partial charge in [-0.1, -0.05) is 0 Å². The highest BCUT2D eigenvalue weighted by Crippen LogP contribution is 2.24. The fourth-order valence-corrected chi connectivity index (χ4v) is 2.57. The molecule has 122 valence electrons. The highest BCUT2D eigenvalue weighted by molar-refractivity contribution is 5.97. The molecule has 1 aliphatic carbocycles. The van der Waals surface area contributed by atoms with E-state index in [0.29, 0.717) is 11.4 Å². The number of nitrogens with zero attached hydrogens (tertiary/aromatic N) is 3. The Hall–Kier alpha value is -2.96. The van der Waals surface area contributed by atoms with Gasteiger partial charge in [0.15, 0.2) is 5.82 Å². The molecule has 1 fully saturated rings. The van der Waals surface area contributed by atoms with Crippen molar-refractivity contribution in [2.45, 2.75) is 18.9 Å². The van der Waals surface area contributed by atoms with Gasteiger partial charge >= 0.3 is 0 Å². The third-order valence-electron chi connectivity index (χ3n) is 3.84. The van der Waals surface area contributed by atoms with Crippen molar-refractivity contribution >= 4 is 5.91 Å². The Morgan fingerprint density at radius 2 is 1.79 bits per heavy atom. The lowest BCUT2D eigenvalue weighted by Gasteiger charge is -2.11. The van der Waals surface area contributed by atoms with E-state index in [1.807, 2.05) is 0 Å². The number of rotatable bonds is 4. The zero-order chi connectivity index (χ0) is 16.7. The lowest BCUT2D eigenvalue weighted by Crippen LogP contribution is -2.26. The summed E-state index contributed by atoms with van der Waals surface area (Å²) < 4.78 is 30.2. The van der Waals surface area contributed by atoms with E-state index in [0.717, 1.165) is 18.9 Å². The van der Waals surface area contributed by atoms with Gasteiger partial charge in [0, 0.05) is 24.5 Å². The van der Waals surface area contributed by atoms with Crippen LogP contribution in [0.4, 0.5) is 8.78 Å². The Bertz CT molecular complexity index is 877. The summed E-state index contributed by atoms with van der Waals surface area (Å²) in [6.07, 6.45) is 6.84. The molecule has 2 heterocycles. The fourth-order valence-electron chi connectivity index (χ4n) is 2.57. The van der Waals surface area contributed by atoms with E-state index in [1.165, 1.54) is 23.0 Å². The van der Waals surface area contributed by atoms with Gasteiger partial charge in [0.2, 0.25) is 0 Å². The average Bonchev–Trinajstić information content (AvgIpc) is 3.03. The second kappa shape index (κ2) is 5.59. The molecule has 24 heavy (non-hydrogen) atoms. The van der Waals surface area contributed by atoms with Gasteiger partial charge in [0.1, 0.15) is 17.2 Å². The number of hydrogen-bond donors (Lipinski definition) is 1. The molecule has 0 atom stereocenters. The van der Waals surface area contributed by atoms with Crippen LogP contribution in [0.25, 0.3) is 11.5 Å². The smallest absolute Gasteiger partial charge is 0.256 e. The maximum atomic E-state index is 13.6. The van der Waals surface area contributed by atoms with E-state index >= 15 is 0 Å². The lowest BCUT2D eigenvalue weighted by atomic mass is 10.2. The van der Waals surface area contributed by atoms with Crippen molar-refractivity contribution in [2.75, 3.05) is 0 Å². The molecule has 1 aromatic carbocycles. The highest BCUT2D eigenvalue weighted by Gasteiger charge is 2.27. The van der Waals surface area contributed by atoms with E-state index in [4.69, 9.17) is 0 Å². The number of halogens is 2. The Balaban J connectivity index is 1.84. The number of aromatic nitrogens is 3. The number of hydrogen-bond acceptors (Lipinski definition) is 2. The third-order valence-corrected chi connectivity index (χ3v) is 3.84. The molecule has 0 aliphatic heterocycles. The van der Waals surface area contributed by atoms with Crippen molar-refractivity contribution in [3.63, 3.8) is 0 Å². The number of carbonyl (C=O) groups is 1. The van der Waals surface area contributed by atoms with Crippen LogP contribution in [0.15, 0.2) is 48.9 Å². The minimum Gasteiger partial charge on any atom is -0.349 e. The molecule has 0 bridgehead atoms. The van der Waals surface area contributed by atoms with Crippen LogP contribution in [-0.4, -0.2) is 26.3 Å². The molecule has 0 saturated heterocycles. The van der Waals surface area contributed by atoms with Gasteiger partial charge in [-0.2, -0.15) is 5.10 Å². The number of amides is 1. The minimum absolute atomic E-state index is 0.199. The largest absolute Gasteiger partial charge is 0.349 e. The Kier molecular flexibility index (Phi) is 3.41. The first-order valence-corrected chi connectivity index (χ1v) is 7.60. The Labute approximate surface area is 136 Å². The van der Waals surface area contributed by atoms with Gasteiger partial charge < -0.3 is 9.88 Å². The lowest BCUT2D eigenvalue weighted by molar-refractivity contribution is 0.0951. The quantitative estimate of drug-likeness (QED) is 0.801. The van der Waals surface area contributed by atoms with Crippen molar-refractivity contribution in [1.82, 2.24) is 19.7 Å². The summed E-state index contributed by atoms with van der Waals surface area (Å²) in [5.41, 5.74) is 0.560. The van der Waals surface area contributed by atoms with Crippen molar-refractivity contribution in [1.29, 1.82) is 0 Å². The van der Waals surface area contributed by atoms with E-state index < -0.39 is 11.6 Å². The summed E-state index contributed by atoms with van der Waals surface area (Å²) in [4.78, 5) is 12.5. The first-order valence-electron chi connectivity index (χ1n) is 7.60. The first kappa shape index (κ1) is 14.6. The predicted molar refractivity (Wildman–Crippen MR) is 83.3 cm³/mol. The van der Waals surface area contributed by atoms with Crippen LogP contribution in [-0.2, 0) is 0 Å². The molecule has 5 nitrogen and oxygen atoms in total. The maximum Gasteiger partial charge on any atom is 0.256 e. The second-order valence-electron chi connectivity index (χ2n) is 5.76. The zero-order valence-electron chi connectivity index (χ0n) is 12.6. The van der Waals surface area contributed by atoms with Gasteiger partial charge in [-0.15, -0.1) is 0 Å². The van der Waals surface area contributed by atoms with Gasteiger partial charge in [-0.3, -0.25) is 4.79 Å². The summed E-state index contributed by atoms with van der Waals surface area (Å²) in [5, 5.41) is 7.08. The molecule has 2 aromatic heterocycles. The third kappa shape index (κ3) is 2.68. The molecule has 1 amide bonds. The van der Waals surface area contributed by atoms with Crippen LogP contribution in [0.2, 0.25) is 0 Å². The van der Waals surface area contributed by atoms with Gasteiger partial charge in [0.25, 0.3) is 5.91 Å². The topological polar surface area (TPSA) is 51.9 Å². The van der Waals surface area contributed by atoms with E-state index in [2.05, 4.69) is 10.4 Å². The molecule has 0 spiro atoms. The first-order chi connectivity index (χ1) is 11.6. The Morgan fingerprint density at radius 3 is 2.42 bits per heavy atom. The van der Waals surface area contributed by atoms with Gasteiger partial charge in [0.05, 0.1) is 11.9 Å². The fraction of sp³-hybridized carbons (Fsp3) is 0.176. The van der Waals surface area contributed by atoms with Crippen molar-refractivity contribution in [2.24, 2.45) is 0 Å². The summed E-state index contributed by atoms with van der Waals surface area (Å²) in [6.45, 7) is 0. The van der Waals surface area contributed by atoms with Crippen molar-refractivity contribution in [3.8, 4) is 11.5 Å². The van der Waals surface area contributed by atoms with Crippen LogP contribution < -0.4 is 5.32 Å². The molecule has 4 rings (SSSR count). The van der Waals surface area contributed by atoms with Crippen molar-refractivity contribution in [3.05, 3.63) is 66.1 Å². The van der Waals surface area contributed by atoms with Crippen molar-refractivity contribution < 1.29 is 13.6 Å². The summed E-state index contributed by atoms with van der Waals surface area (Å²) >= 11 is 0. The van der Waals surface area contributed by atoms with E-state index in [1.54, 1.807) is 29.1 Å². The molecule has 1 saturated carbocycles. The SMILES string of the molecule is O=C(NC1CC1)c1cnn(-c2cc(F)cc(F)c2)c1-n1cccc1. The number of benzene rings is 1. The number of nitrogens with one attached hydrogen (secondary N) is 1. The number of carbonyl (C=O) groups excluding carboxylic acids is 1. The maximum absolute atomic E-state index is 13.6. The van der Waals surface area contributed by atoms with Crippen LogP contribution in [0.3, 0.4) is 0 Å². The zero-order valence-corrected chi connectivity index (χ0v) is 12.6. The standard InChI is InChI=1S/C17H14F2N4O/c18-11-7-12(19)9-14(8-11)23-17(22-5-1-2-6-22)15(10-20-23)16(24)21-13-3-4-13/h1-2,5-10,13H,3-4H2,(H,21,24). The molecule has 7 heteroatoms. The Morgan fingerprint density at radius 1 is 1.12 bits per heavy atom. The summed E-state index contributed by atoms with van der Waals surface area (Å²) in [7, 11) is 0. The molecular weight excluding hydrogens is 314 g/mol. The van der Waals surface area contributed by atoms with Crippen LogP contribution in [0.5, 0.6) is 0 Å². The predicted octanol–water partition coefficient (Wildman–Crippen LogP) is 2.83. The molecule has 0 unspecified atom stereocenters. The summed E-state index contributed by atoms with van der Waals surface area (Å²) in [6, 6.07) is 6.93. The summed E-state index contributed by atoms with van der Waals surface area (Å²) in [5.74, 6) is -1.22. The van der Waals surface area contributed by atoms with Gasteiger partial charge in [-0.05, 0) is 37.1 Å². The monoisotopic (exact) mass is 328 g/mol. The average molecular weight is 328 g/mol. The molecule has 1 aliphatic rings. The highest BCUT2D eigenvalue weighted by atomic mass is 19.1. The molecular formula is C17H14F2N4O. The van der Waals surface area contributed by atoms with Crippen LogP contribution in [0, 0.1) is 11.6 Å². The molecule has 0 radical (unpaired) electrons. The minimum atomic E-state index is -0.706. The van der Waals surface area contributed by atoms with Crippen LogP contribution in [0.1, 0.15) is 23.2 Å². The second-order valence-corrected chi connectivity index (χ2v) is 5.76.